The number of pyridine rings is 1. The summed E-state index contributed by atoms with van der Waals surface area (Å²) in [5.74, 6) is 2.79. The number of aryl methyl sites for hydroxylation is 1. The molecule has 4 rings (SSSR count). The fourth-order valence-electron chi connectivity index (χ4n) is 3.74. The van der Waals surface area contributed by atoms with Crippen LogP contribution in [0, 0.1) is 12.3 Å². The number of aromatic nitrogens is 5. The smallest absolute Gasteiger partial charge is 0.259 e. The minimum atomic E-state index is -0.0654. The van der Waals surface area contributed by atoms with Crippen molar-refractivity contribution in [3.05, 3.63) is 47.4 Å². The lowest BCUT2D eigenvalue weighted by Crippen LogP contribution is -2.32. The summed E-state index contributed by atoms with van der Waals surface area (Å²) in [4.78, 5) is 18.4. The molecule has 0 amide bonds. The van der Waals surface area contributed by atoms with Gasteiger partial charge in [0.15, 0.2) is 5.82 Å². The molecule has 1 N–H and O–H groups in total. The van der Waals surface area contributed by atoms with Gasteiger partial charge in [0.05, 0.1) is 11.6 Å². The SMILES string of the molecule is Cc1noc(-c2ccc(N[C@@H]3CC(C)(C)Cc4nc(C(C)(C)C)ncc43)nc2)n1. The fraction of sp³-hybridized carbons (Fsp3) is 0.500. The van der Waals surface area contributed by atoms with Gasteiger partial charge in [-0.3, -0.25) is 0 Å². The van der Waals surface area contributed by atoms with Crippen LogP contribution in [0.2, 0.25) is 0 Å². The Kier molecular flexibility index (Phi) is 4.63. The second-order valence-corrected chi connectivity index (χ2v) is 9.67. The largest absolute Gasteiger partial charge is 0.363 e. The highest BCUT2D eigenvalue weighted by molar-refractivity contribution is 5.54. The summed E-state index contributed by atoms with van der Waals surface area (Å²) in [6.07, 6.45) is 5.69. The first-order chi connectivity index (χ1) is 13.6. The van der Waals surface area contributed by atoms with Gasteiger partial charge in [-0.25, -0.2) is 15.0 Å². The van der Waals surface area contributed by atoms with Crippen molar-refractivity contribution >= 4 is 5.82 Å². The molecule has 1 aliphatic rings. The third-order valence-corrected chi connectivity index (χ3v) is 5.21. The maximum atomic E-state index is 5.21. The molecule has 3 heterocycles. The van der Waals surface area contributed by atoms with Gasteiger partial charge < -0.3 is 9.84 Å². The topological polar surface area (TPSA) is 89.6 Å². The van der Waals surface area contributed by atoms with Crippen LogP contribution in [-0.4, -0.2) is 25.1 Å². The number of hydrogen-bond donors (Lipinski definition) is 1. The molecule has 0 aliphatic heterocycles. The van der Waals surface area contributed by atoms with E-state index >= 15 is 0 Å². The Balaban J connectivity index is 1.60. The molecule has 0 spiro atoms. The van der Waals surface area contributed by atoms with Crippen LogP contribution < -0.4 is 5.32 Å². The van der Waals surface area contributed by atoms with Crippen molar-refractivity contribution < 1.29 is 4.52 Å². The van der Waals surface area contributed by atoms with Crippen molar-refractivity contribution in [3.8, 4) is 11.5 Å². The van der Waals surface area contributed by atoms with Crippen molar-refractivity contribution in [1.82, 2.24) is 25.1 Å². The van der Waals surface area contributed by atoms with Crippen LogP contribution in [-0.2, 0) is 11.8 Å². The highest BCUT2D eigenvalue weighted by atomic mass is 16.5. The second-order valence-electron chi connectivity index (χ2n) is 9.67. The van der Waals surface area contributed by atoms with Crippen LogP contribution >= 0.6 is 0 Å². The number of hydrogen-bond acceptors (Lipinski definition) is 7. The molecule has 1 atom stereocenters. The van der Waals surface area contributed by atoms with E-state index in [0.717, 1.165) is 41.3 Å². The first kappa shape index (κ1) is 19.5. The maximum Gasteiger partial charge on any atom is 0.259 e. The van der Waals surface area contributed by atoms with Crippen LogP contribution in [0.1, 0.15) is 70.0 Å². The summed E-state index contributed by atoms with van der Waals surface area (Å²) in [6, 6.07) is 4.00. The quantitative estimate of drug-likeness (QED) is 0.693. The van der Waals surface area contributed by atoms with Crippen molar-refractivity contribution in [2.75, 3.05) is 5.32 Å². The predicted molar refractivity (Wildman–Crippen MR) is 111 cm³/mol. The van der Waals surface area contributed by atoms with Gasteiger partial charge in [-0.1, -0.05) is 39.8 Å². The van der Waals surface area contributed by atoms with Gasteiger partial charge in [-0.2, -0.15) is 4.98 Å². The summed E-state index contributed by atoms with van der Waals surface area (Å²) in [7, 11) is 0. The summed E-state index contributed by atoms with van der Waals surface area (Å²) in [5, 5.41) is 7.41. The van der Waals surface area contributed by atoms with E-state index in [2.05, 4.69) is 60.0 Å². The summed E-state index contributed by atoms with van der Waals surface area (Å²) in [5.41, 5.74) is 3.19. The van der Waals surface area contributed by atoms with Crippen LogP contribution in [0.25, 0.3) is 11.5 Å². The first-order valence-electron chi connectivity index (χ1n) is 10.0. The molecule has 0 unspecified atom stereocenters. The molecule has 7 heteroatoms. The van der Waals surface area contributed by atoms with Crippen LogP contribution in [0.3, 0.4) is 0 Å². The molecule has 29 heavy (non-hydrogen) atoms. The summed E-state index contributed by atoms with van der Waals surface area (Å²) in [6.45, 7) is 12.8. The van der Waals surface area contributed by atoms with Crippen LogP contribution in [0.15, 0.2) is 29.0 Å². The van der Waals surface area contributed by atoms with Crippen molar-refractivity contribution in [3.63, 3.8) is 0 Å². The van der Waals surface area contributed by atoms with E-state index in [4.69, 9.17) is 9.51 Å². The van der Waals surface area contributed by atoms with E-state index in [1.807, 2.05) is 18.3 Å². The van der Waals surface area contributed by atoms with E-state index in [0.29, 0.717) is 11.7 Å². The second kappa shape index (κ2) is 6.90. The Hall–Kier alpha value is -2.83. The summed E-state index contributed by atoms with van der Waals surface area (Å²) < 4.78 is 5.21. The third-order valence-electron chi connectivity index (χ3n) is 5.21. The first-order valence-corrected chi connectivity index (χ1v) is 10.0. The van der Waals surface area contributed by atoms with Gasteiger partial charge in [0, 0.05) is 29.1 Å². The van der Waals surface area contributed by atoms with Crippen molar-refractivity contribution in [2.24, 2.45) is 5.41 Å². The molecule has 7 nitrogen and oxygen atoms in total. The average molecular weight is 393 g/mol. The zero-order valence-electron chi connectivity index (χ0n) is 17.9. The zero-order valence-corrected chi connectivity index (χ0v) is 17.9. The van der Waals surface area contributed by atoms with Gasteiger partial charge in [-0.05, 0) is 37.3 Å². The van der Waals surface area contributed by atoms with Crippen LogP contribution in [0.5, 0.6) is 0 Å². The number of nitrogens with zero attached hydrogens (tertiary/aromatic N) is 5. The van der Waals surface area contributed by atoms with Crippen molar-refractivity contribution in [1.29, 1.82) is 0 Å². The third kappa shape index (κ3) is 4.13. The van der Waals surface area contributed by atoms with Gasteiger partial charge in [0.25, 0.3) is 5.89 Å². The standard InChI is InChI=1S/C22H28N6O/c1-13-25-19(29-28-13)14-7-8-18(23-11-14)26-16-9-22(5,6)10-17-15(16)12-24-20(27-17)21(2,3)4/h7-8,11-12,16H,9-10H2,1-6H3,(H,23,26)/t16-/m1/s1. The monoisotopic (exact) mass is 392 g/mol. The number of anilines is 1. The molecular weight excluding hydrogens is 364 g/mol. The number of nitrogens with one attached hydrogen (secondary N) is 1. The lowest BCUT2D eigenvalue weighted by Gasteiger charge is -2.37. The lowest BCUT2D eigenvalue weighted by atomic mass is 9.74. The van der Waals surface area contributed by atoms with E-state index in [-0.39, 0.29) is 16.9 Å². The van der Waals surface area contributed by atoms with Gasteiger partial charge in [-0.15, -0.1) is 0 Å². The molecule has 3 aromatic rings. The van der Waals surface area contributed by atoms with Crippen LogP contribution in [0.4, 0.5) is 5.82 Å². The minimum absolute atomic E-state index is 0.0654. The maximum absolute atomic E-state index is 5.21. The molecule has 0 fully saturated rings. The molecule has 152 valence electrons. The predicted octanol–water partition coefficient (Wildman–Crippen LogP) is 4.65. The minimum Gasteiger partial charge on any atom is -0.363 e. The molecule has 1 aliphatic carbocycles. The number of rotatable bonds is 3. The highest BCUT2D eigenvalue weighted by Crippen LogP contribution is 2.41. The molecule has 3 aromatic heterocycles. The van der Waals surface area contributed by atoms with E-state index < -0.39 is 0 Å². The van der Waals surface area contributed by atoms with E-state index in [1.54, 1.807) is 13.1 Å². The Morgan fingerprint density at radius 1 is 1.10 bits per heavy atom. The average Bonchev–Trinajstić information content (AvgIpc) is 3.06. The number of fused-ring (bicyclic) bond motifs is 1. The van der Waals surface area contributed by atoms with Gasteiger partial charge in [0.1, 0.15) is 11.6 Å². The van der Waals surface area contributed by atoms with E-state index in [1.165, 1.54) is 0 Å². The Bertz CT molecular complexity index is 1020. The molecule has 0 saturated carbocycles. The molecule has 0 bridgehead atoms. The molecule has 0 aromatic carbocycles. The molecule has 0 radical (unpaired) electrons. The van der Waals surface area contributed by atoms with E-state index in [9.17, 15) is 0 Å². The highest BCUT2D eigenvalue weighted by Gasteiger charge is 2.34. The normalized spacial score (nSPS) is 18.3. The van der Waals surface area contributed by atoms with Gasteiger partial charge in [0.2, 0.25) is 0 Å². The van der Waals surface area contributed by atoms with Crippen molar-refractivity contribution in [2.45, 2.75) is 65.8 Å². The lowest BCUT2D eigenvalue weighted by molar-refractivity contribution is 0.284. The Morgan fingerprint density at radius 3 is 2.52 bits per heavy atom. The zero-order chi connectivity index (χ0) is 20.8. The Labute approximate surface area is 171 Å². The molecular formula is C22H28N6O. The summed E-state index contributed by atoms with van der Waals surface area (Å²) >= 11 is 0. The fourth-order valence-corrected chi connectivity index (χ4v) is 3.74. The van der Waals surface area contributed by atoms with Gasteiger partial charge >= 0.3 is 0 Å². The Morgan fingerprint density at radius 2 is 1.90 bits per heavy atom. The molecule has 0 saturated heterocycles.